The number of piperazine rings is 1. The highest BCUT2D eigenvalue weighted by Crippen LogP contribution is 2.32. The fourth-order valence-corrected chi connectivity index (χ4v) is 3.76. The molecule has 2 fully saturated rings. The normalized spacial score (nSPS) is 27.9. The number of hydrogen-bond donors (Lipinski definition) is 0. The smallest absolute Gasteiger partial charge is 0.239 e. The first-order valence-electron chi connectivity index (χ1n) is 8.15. The van der Waals surface area contributed by atoms with Gasteiger partial charge in [-0.05, 0) is 37.5 Å². The molecule has 4 rings (SSSR count). The molecular formula is C17H22N2O3. The Balaban J connectivity index is 1.51. The quantitative estimate of drug-likeness (QED) is 0.833. The van der Waals surface area contributed by atoms with E-state index in [-0.39, 0.29) is 11.9 Å². The summed E-state index contributed by atoms with van der Waals surface area (Å²) in [4.78, 5) is 16.8. The Hall–Kier alpha value is -1.75. The Kier molecular flexibility index (Phi) is 3.45. The van der Waals surface area contributed by atoms with Crippen molar-refractivity contribution >= 4 is 5.91 Å². The van der Waals surface area contributed by atoms with Crippen LogP contribution in [0.15, 0.2) is 18.2 Å². The Labute approximate surface area is 130 Å². The van der Waals surface area contributed by atoms with Gasteiger partial charge >= 0.3 is 0 Å². The lowest BCUT2D eigenvalue weighted by Gasteiger charge is -2.41. The molecule has 0 aliphatic carbocycles. The van der Waals surface area contributed by atoms with Crippen molar-refractivity contribution in [3.63, 3.8) is 0 Å². The van der Waals surface area contributed by atoms with Crippen molar-refractivity contribution in [2.45, 2.75) is 38.4 Å². The predicted octanol–water partition coefficient (Wildman–Crippen LogP) is 1.65. The van der Waals surface area contributed by atoms with Gasteiger partial charge in [-0.1, -0.05) is 6.07 Å². The molecule has 0 unspecified atom stereocenters. The summed E-state index contributed by atoms with van der Waals surface area (Å²) in [6.07, 6.45) is 2.27. The molecule has 1 aromatic carbocycles. The van der Waals surface area contributed by atoms with Crippen molar-refractivity contribution in [2.24, 2.45) is 0 Å². The number of amides is 1. The van der Waals surface area contributed by atoms with Crippen LogP contribution in [0.4, 0.5) is 0 Å². The zero-order valence-electron chi connectivity index (χ0n) is 13.0. The maximum atomic E-state index is 12.5. The van der Waals surface area contributed by atoms with Crippen molar-refractivity contribution in [3.05, 3.63) is 23.8 Å². The van der Waals surface area contributed by atoms with E-state index in [0.29, 0.717) is 19.3 Å². The van der Waals surface area contributed by atoms with Gasteiger partial charge in [-0.2, -0.15) is 0 Å². The number of rotatable bonds is 2. The highest BCUT2D eigenvalue weighted by molar-refractivity contribution is 5.83. The van der Waals surface area contributed by atoms with E-state index in [9.17, 15) is 4.79 Å². The molecule has 5 nitrogen and oxygen atoms in total. The fourth-order valence-electron chi connectivity index (χ4n) is 3.76. The van der Waals surface area contributed by atoms with Crippen LogP contribution in [0.3, 0.4) is 0 Å². The van der Waals surface area contributed by atoms with E-state index in [4.69, 9.17) is 9.47 Å². The van der Waals surface area contributed by atoms with Crippen LogP contribution in [0.2, 0.25) is 0 Å². The minimum absolute atomic E-state index is 0.0393. The van der Waals surface area contributed by atoms with Gasteiger partial charge in [0.25, 0.3) is 0 Å². The standard InChI is InChI=1S/C17H22N2O3/c1-12-17(20)19-6-2-3-14(19)11-18(12)10-13-4-5-15-16(9-13)22-8-7-21-15/h4-5,9,12,14H,2-3,6-8,10-11H2,1H3/t12-,14+/m0/s1. The summed E-state index contributed by atoms with van der Waals surface area (Å²) in [7, 11) is 0. The van der Waals surface area contributed by atoms with Crippen LogP contribution < -0.4 is 9.47 Å². The molecule has 3 heterocycles. The minimum atomic E-state index is -0.0393. The van der Waals surface area contributed by atoms with E-state index in [1.54, 1.807) is 0 Å². The highest BCUT2D eigenvalue weighted by atomic mass is 16.6. The predicted molar refractivity (Wildman–Crippen MR) is 82.0 cm³/mol. The molecule has 2 atom stereocenters. The molecule has 0 radical (unpaired) electrons. The molecule has 0 spiro atoms. The molecule has 5 heteroatoms. The monoisotopic (exact) mass is 302 g/mol. The highest BCUT2D eigenvalue weighted by Gasteiger charge is 2.40. The third-order valence-corrected chi connectivity index (χ3v) is 5.00. The Morgan fingerprint density at radius 3 is 2.91 bits per heavy atom. The minimum Gasteiger partial charge on any atom is -0.486 e. The van der Waals surface area contributed by atoms with Crippen LogP contribution >= 0.6 is 0 Å². The third-order valence-electron chi connectivity index (χ3n) is 5.00. The van der Waals surface area contributed by atoms with Crippen molar-refractivity contribution in [1.29, 1.82) is 0 Å². The number of benzene rings is 1. The summed E-state index contributed by atoms with van der Waals surface area (Å²) < 4.78 is 11.2. The van der Waals surface area contributed by atoms with Gasteiger partial charge in [0.2, 0.25) is 5.91 Å². The molecule has 3 aliphatic rings. The summed E-state index contributed by atoms with van der Waals surface area (Å²) >= 11 is 0. The molecule has 0 saturated carbocycles. The van der Waals surface area contributed by atoms with E-state index in [2.05, 4.69) is 15.9 Å². The maximum absolute atomic E-state index is 12.5. The number of fused-ring (bicyclic) bond motifs is 2. The van der Waals surface area contributed by atoms with Gasteiger partial charge in [0.1, 0.15) is 13.2 Å². The SMILES string of the molecule is C[C@H]1C(=O)N2CCC[C@@H]2CN1Cc1ccc2c(c1)OCCO2. The van der Waals surface area contributed by atoms with Gasteiger partial charge in [0, 0.05) is 25.7 Å². The lowest BCUT2D eigenvalue weighted by atomic mass is 10.1. The van der Waals surface area contributed by atoms with Crippen LogP contribution in [0.25, 0.3) is 0 Å². The molecule has 118 valence electrons. The van der Waals surface area contributed by atoms with Gasteiger partial charge in [0.05, 0.1) is 6.04 Å². The largest absolute Gasteiger partial charge is 0.486 e. The Bertz CT molecular complexity index is 589. The third kappa shape index (κ3) is 2.33. The average Bonchev–Trinajstić information content (AvgIpc) is 3.01. The maximum Gasteiger partial charge on any atom is 0.239 e. The van der Waals surface area contributed by atoms with Crippen LogP contribution in [-0.2, 0) is 11.3 Å². The fraction of sp³-hybridized carbons (Fsp3) is 0.588. The molecular weight excluding hydrogens is 280 g/mol. The summed E-state index contributed by atoms with van der Waals surface area (Å²) in [6.45, 7) is 5.93. The van der Waals surface area contributed by atoms with Crippen LogP contribution in [-0.4, -0.2) is 54.1 Å². The zero-order chi connectivity index (χ0) is 15.1. The van der Waals surface area contributed by atoms with Crippen molar-refractivity contribution in [3.8, 4) is 11.5 Å². The second-order valence-electron chi connectivity index (χ2n) is 6.41. The molecule has 1 aromatic rings. The first-order chi connectivity index (χ1) is 10.7. The van der Waals surface area contributed by atoms with Crippen LogP contribution in [0, 0.1) is 0 Å². The van der Waals surface area contributed by atoms with E-state index in [1.807, 2.05) is 19.1 Å². The van der Waals surface area contributed by atoms with Gasteiger partial charge in [-0.25, -0.2) is 0 Å². The summed E-state index contributed by atoms with van der Waals surface area (Å²) in [5.41, 5.74) is 1.18. The van der Waals surface area contributed by atoms with E-state index in [0.717, 1.165) is 44.0 Å². The summed E-state index contributed by atoms with van der Waals surface area (Å²) in [5, 5.41) is 0. The number of carbonyl (C=O) groups is 1. The van der Waals surface area contributed by atoms with Gasteiger partial charge in [-0.3, -0.25) is 9.69 Å². The number of ether oxygens (including phenoxy) is 2. The van der Waals surface area contributed by atoms with E-state index < -0.39 is 0 Å². The molecule has 2 saturated heterocycles. The van der Waals surface area contributed by atoms with Gasteiger partial charge in [-0.15, -0.1) is 0 Å². The lowest BCUT2D eigenvalue weighted by molar-refractivity contribution is -0.143. The van der Waals surface area contributed by atoms with E-state index in [1.165, 1.54) is 5.56 Å². The lowest BCUT2D eigenvalue weighted by Crippen LogP contribution is -2.58. The Morgan fingerprint density at radius 2 is 2.05 bits per heavy atom. The zero-order valence-corrected chi connectivity index (χ0v) is 13.0. The molecule has 3 aliphatic heterocycles. The number of hydrogen-bond acceptors (Lipinski definition) is 4. The second kappa shape index (κ2) is 5.47. The molecule has 0 aromatic heterocycles. The molecule has 1 amide bonds. The average molecular weight is 302 g/mol. The number of nitrogens with zero attached hydrogens (tertiary/aromatic N) is 2. The first kappa shape index (κ1) is 13.9. The van der Waals surface area contributed by atoms with E-state index >= 15 is 0 Å². The van der Waals surface area contributed by atoms with Crippen LogP contribution in [0.5, 0.6) is 11.5 Å². The Morgan fingerprint density at radius 1 is 1.23 bits per heavy atom. The van der Waals surface area contributed by atoms with Crippen molar-refractivity contribution in [1.82, 2.24) is 9.80 Å². The number of carbonyl (C=O) groups excluding carboxylic acids is 1. The molecule has 0 N–H and O–H groups in total. The topological polar surface area (TPSA) is 42.0 Å². The molecule has 22 heavy (non-hydrogen) atoms. The molecule has 0 bridgehead atoms. The first-order valence-corrected chi connectivity index (χ1v) is 8.15. The summed E-state index contributed by atoms with van der Waals surface area (Å²) in [5.74, 6) is 1.92. The van der Waals surface area contributed by atoms with Crippen molar-refractivity contribution in [2.75, 3.05) is 26.3 Å². The van der Waals surface area contributed by atoms with Gasteiger partial charge < -0.3 is 14.4 Å². The summed E-state index contributed by atoms with van der Waals surface area (Å²) in [6, 6.07) is 6.46. The van der Waals surface area contributed by atoms with Crippen LogP contribution in [0.1, 0.15) is 25.3 Å². The van der Waals surface area contributed by atoms with Crippen molar-refractivity contribution < 1.29 is 14.3 Å². The second-order valence-corrected chi connectivity index (χ2v) is 6.41. The van der Waals surface area contributed by atoms with Gasteiger partial charge in [0.15, 0.2) is 11.5 Å².